The molecular weight excluding hydrogens is 410 g/mol. The van der Waals surface area contributed by atoms with Crippen LogP contribution in [-0.4, -0.2) is 27.5 Å². The zero-order valence-electron chi connectivity index (χ0n) is 12.9. The van der Waals surface area contributed by atoms with Crippen LogP contribution < -0.4 is 14.2 Å². The third kappa shape index (κ3) is 4.40. The Balaban J connectivity index is 1.73. The number of nitrogens with one attached hydrogen (secondary N) is 1. The van der Waals surface area contributed by atoms with Crippen LogP contribution in [0.3, 0.4) is 0 Å². The van der Waals surface area contributed by atoms with E-state index in [4.69, 9.17) is 9.47 Å². The third-order valence-corrected chi connectivity index (χ3v) is 5.17. The monoisotopic (exact) mass is 423 g/mol. The number of carbonyl (C=O) groups is 1. The Labute approximate surface area is 153 Å². The lowest BCUT2D eigenvalue weighted by atomic mass is 10.2. The highest BCUT2D eigenvalue weighted by molar-refractivity contribution is 9.10. The highest BCUT2D eigenvalue weighted by atomic mass is 79.9. The average molecular weight is 424 g/mol. The van der Waals surface area contributed by atoms with Crippen molar-refractivity contribution in [3.05, 3.63) is 58.6 Å². The first-order chi connectivity index (χ1) is 11.9. The number of sulfonamides is 1. The maximum Gasteiger partial charge on any atom is 0.264 e. The van der Waals surface area contributed by atoms with Crippen molar-refractivity contribution in [3.63, 3.8) is 0 Å². The molecule has 0 aromatic heterocycles. The second-order valence-electron chi connectivity index (χ2n) is 5.16. The summed E-state index contributed by atoms with van der Waals surface area (Å²) in [6.07, 6.45) is 2.69. The van der Waals surface area contributed by atoms with Gasteiger partial charge in [-0.15, -0.1) is 0 Å². The van der Waals surface area contributed by atoms with E-state index >= 15 is 0 Å². The number of fused-ring (bicyclic) bond motifs is 1. The molecule has 2 aromatic carbocycles. The Morgan fingerprint density at radius 1 is 1.08 bits per heavy atom. The first-order valence-electron chi connectivity index (χ1n) is 7.34. The molecule has 0 atom stereocenters. The minimum atomic E-state index is -4.00. The molecule has 3 rings (SSSR count). The van der Waals surface area contributed by atoms with Gasteiger partial charge in [-0.3, -0.25) is 4.79 Å². The summed E-state index contributed by atoms with van der Waals surface area (Å²) in [6, 6.07) is 11.5. The molecule has 130 valence electrons. The van der Waals surface area contributed by atoms with Crippen LogP contribution in [0.25, 0.3) is 6.08 Å². The van der Waals surface area contributed by atoms with Gasteiger partial charge in [0.25, 0.3) is 15.9 Å². The van der Waals surface area contributed by atoms with Gasteiger partial charge in [0.2, 0.25) is 0 Å². The summed E-state index contributed by atoms with van der Waals surface area (Å²) < 4.78 is 38.2. The molecule has 0 bridgehead atoms. The van der Waals surface area contributed by atoms with E-state index in [1.807, 2.05) is 16.9 Å². The molecule has 1 N–H and O–H groups in total. The normalized spacial score (nSPS) is 13.6. The summed E-state index contributed by atoms with van der Waals surface area (Å²) in [5.41, 5.74) is 0.765. The molecule has 0 aliphatic carbocycles. The van der Waals surface area contributed by atoms with Crippen LogP contribution in [0.1, 0.15) is 5.56 Å². The topological polar surface area (TPSA) is 81.7 Å². The highest BCUT2D eigenvalue weighted by Gasteiger charge is 2.20. The van der Waals surface area contributed by atoms with Crippen molar-refractivity contribution >= 4 is 37.9 Å². The van der Waals surface area contributed by atoms with Gasteiger partial charge in [0, 0.05) is 16.6 Å². The molecule has 1 amide bonds. The lowest BCUT2D eigenvalue weighted by Gasteiger charge is -2.18. The predicted octanol–water partition coefficient (Wildman–Crippen LogP) is 2.74. The van der Waals surface area contributed by atoms with Crippen molar-refractivity contribution in [1.29, 1.82) is 0 Å². The number of halogens is 1. The van der Waals surface area contributed by atoms with E-state index in [1.54, 1.807) is 12.1 Å². The van der Waals surface area contributed by atoms with Crippen LogP contribution in [0.4, 0.5) is 0 Å². The van der Waals surface area contributed by atoms with Crippen LogP contribution in [0.2, 0.25) is 0 Å². The van der Waals surface area contributed by atoms with E-state index in [0.717, 1.165) is 16.1 Å². The zero-order valence-corrected chi connectivity index (χ0v) is 15.3. The molecule has 1 aliphatic rings. The fourth-order valence-corrected chi connectivity index (χ4v) is 3.58. The van der Waals surface area contributed by atoms with Crippen LogP contribution in [0.5, 0.6) is 11.5 Å². The number of benzene rings is 2. The van der Waals surface area contributed by atoms with E-state index in [0.29, 0.717) is 24.7 Å². The number of rotatable bonds is 4. The van der Waals surface area contributed by atoms with Gasteiger partial charge in [-0.25, -0.2) is 13.1 Å². The summed E-state index contributed by atoms with van der Waals surface area (Å²) in [5.74, 6) is 0.0761. The van der Waals surface area contributed by atoms with Crippen LogP contribution >= 0.6 is 15.9 Å². The molecule has 6 nitrogen and oxygen atoms in total. The van der Waals surface area contributed by atoms with E-state index in [9.17, 15) is 13.2 Å². The summed E-state index contributed by atoms with van der Waals surface area (Å²) >= 11 is 3.33. The molecule has 1 aliphatic heterocycles. The fourth-order valence-electron chi connectivity index (χ4n) is 2.20. The molecule has 0 unspecified atom stereocenters. The average Bonchev–Trinajstić information content (AvgIpc) is 2.59. The maximum atomic E-state index is 12.3. The quantitative estimate of drug-likeness (QED) is 0.764. The first-order valence-corrected chi connectivity index (χ1v) is 9.62. The van der Waals surface area contributed by atoms with Crippen molar-refractivity contribution in [2.75, 3.05) is 13.2 Å². The van der Waals surface area contributed by atoms with Gasteiger partial charge in [0.05, 0.1) is 4.90 Å². The predicted molar refractivity (Wildman–Crippen MR) is 95.9 cm³/mol. The number of carbonyl (C=O) groups excluding carboxylic acids is 1. The van der Waals surface area contributed by atoms with Gasteiger partial charge in [0.1, 0.15) is 13.2 Å². The lowest BCUT2D eigenvalue weighted by Crippen LogP contribution is -2.29. The van der Waals surface area contributed by atoms with Crippen molar-refractivity contribution in [3.8, 4) is 11.5 Å². The lowest BCUT2D eigenvalue weighted by molar-refractivity contribution is -0.114. The number of hydrogen-bond acceptors (Lipinski definition) is 5. The largest absolute Gasteiger partial charge is 0.486 e. The molecule has 0 saturated heterocycles. The minimum absolute atomic E-state index is 0.0686. The van der Waals surface area contributed by atoms with E-state index in [1.165, 1.54) is 24.3 Å². The summed E-state index contributed by atoms with van der Waals surface area (Å²) in [4.78, 5) is 11.9. The maximum absolute atomic E-state index is 12.3. The van der Waals surface area contributed by atoms with Crippen LogP contribution in [-0.2, 0) is 14.8 Å². The fraction of sp³-hybridized carbons (Fsp3) is 0.118. The second kappa shape index (κ2) is 7.28. The van der Waals surface area contributed by atoms with Gasteiger partial charge in [0.15, 0.2) is 11.5 Å². The molecule has 2 aromatic rings. The van der Waals surface area contributed by atoms with E-state index < -0.39 is 15.9 Å². The third-order valence-electron chi connectivity index (χ3n) is 3.33. The van der Waals surface area contributed by atoms with E-state index in [2.05, 4.69) is 15.9 Å². The standard InChI is InChI=1S/C17H14BrNO5S/c18-13-3-1-2-12(10-13)4-7-17(20)19-25(21,22)14-5-6-15-16(11-14)24-9-8-23-15/h1-7,10-11H,8-9H2,(H,19,20)/b7-4+. The number of ether oxygens (including phenoxy) is 2. The second-order valence-corrected chi connectivity index (χ2v) is 7.76. The van der Waals surface area contributed by atoms with Crippen LogP contribution in [0, 0.1) is 0 Å². The Bertz CT molecular complexity index is 940. The van der Waals surface area contributed by atoms with Crippen molar-refractivity contribution in [2.24, 2.45) is 0 Å². The smallest absolute Gasteiger partial charge is 0.264 e. The van der Waals surface area contributed by atoms with Gasteiger partial charge in [-0.2, -0.15) is 0 Å². The Morgan fingerprint density at radius 2 is 1.84 bits per heavy atom. The van der Waals surface area contributed by atoms with Gasteiger partial charge in [-0.1, -0.05) is 28.1 Å². The molecular formula is C17H14BrNO5S. The van der Waals surface area contributed by atoms with Crippen molar-refractivity contribution < 1.29 is 22.7 Å². The number of hydrogen-bond donors (Lipinski definition) is 1. The molecule has 0 saturated carbocycles. The molecule has 25 heavy (non-hydrogen) atoms. The minimum Gasteiger partial charge on any atom is -0.486 e. The highest BCUT2D eigenvalue weighted by Crippen LogP contribution is 2.32. The molecule has 1 heterocycles. The van der Waals surface area contributed by atoms with Gasteiger partial charge >= 0.3 is 0 Å². The summed E-state index contributed by atoms with van der Waals surface area (Å²) in [6.45, 7) is 0.758. The zero-order chi connectivity index (χ0) is 17.9. The first kappa shape index (κ1) is 17.5. The Kier molecular flexibility index (Phi) is 5.10. The molecule has 0 radical (unpaired) electrons. The molecule has 8 heteroatoms. The Morgan fingerprint density at radius 3 is 2.60 bits per heavy atom. The van der Waals surface area contributed by atoms with E-state index in [-0.39, 0.29) is 4.90 Å². The van der Waals surface area contributed by atoms with Crippen LogP contribution in [0.15, 0.2) is 57.9 Å². The van der Waals surface area contributed by atoms with Crippen molar-refractivity contribution in [1.82, 2.24) is 4.72 Å². The Hall–Kier alpha value is -2.32. The van der Waals surface area contributed by atoms with Gasteiger partial charge < -0.3 is 9.47 Å². The van der Waals surface area contributed by atoms with Gasteiger partial charge in [-0.05, 0) is 35.9 Å². The molecule has 0 spiro atoms. The summed E-state index contributed by atoms with van der Waals surface area (Å²) in [5, 5.41) is 0. The number of amides is 1. The van der Waals surface area contributed by atoms with Crippen molar-refractivity contribution in [2.45, 2.75) is 4.90 Å². The summed E-state index contributed by atoms with van der Waals surface area (Å²) in [7, 11) is -4.00. The molecule has 0 fully saturated rings. The SMILES string of the molecule is O=C(/C=C/c1cccc(Br)c1)NS(=O)(=O)c1ccc2c(c1)OCCO2.